The van der Waals surface area contributed by atoms with Crippen molar-refractivity contribution in [2.75, 3.05) is 0 Å². The third-order valence-corrected chi connectivity index (χ3v) is 3.89. The minimum absolute atomic E-state index is 0.0307. The molecule has 0 aliphatic carbocycles. The summed E-state index contributed by atoms with van der Waals surface area (Å²) in [5.41, 5.74) is 2.24. The number of benzene rings is 2. The van der Waals surface area contributed by atoms with Crippen LogP contribution in [0.1, 0.15) is 16.7 Å². The summed E-state index contributed by atoms with van der Waals surface area (Å²) in [5.74, 6) is 1.15. The second-order valence-corrected chi connectivity index (χ2v) is 6.23. The maximum atomic E-state index is 11.2. The van der Waals surface area contributed by atoms with Crippen molar-refractivity contribution in [1.82, 2.24) is 0 Å². The van der Waals surface area contributed by atoms with Gasteiger partial charge < -0.3 is 4.74 Å². The average molecular weight is 302 g/mol. The van der Waals surface area contributed by atoms with Gasteiger partial charge in [-0.1, -0.05) is 0 Å². The molecule has 0 fully saturated rings. The molecular weight excluding hydrogens is 288 g/mol. The molecule has 0 unspecified atom stereocenters. The number of hydrogen-bond donors (Lipinski definition) is 1. The van der Waals surface area contributed by atoms with Crippen LogP contribution in [0.4, 0.5) is 0 Å². The van der Waals surface area contributed by atoms with E-state index in [4.69, 9.17) is 15.1 Å². The number of sulfonamides is 1. The van der Waals surface area contributed by atoms with Gasteiger partial charge in [-0.15, -0.1) is 0 Å². The number of nitriles is 1. The van der Waals surface area contributed by atoms with E-state index < -0.39 is 10.0 Å². The summed E-state index contributed by atoms with van der Waals surface area (Å²) in [7, 11) is -3.71. The van der Waals surface area contributed by atoms with Crippen molar-refractivity contribution in [1.29, 1.82) is 5.26 Å². The van der Waals surface area contributed by atoms with E-state index in [2.05, 4.69) is 6.07 Å². The van der Waals surface area contributed by atoms with E-state index in [-0.39, 0.29) is 4.90 Å². The lowest BCUT2D eigenvalue weighted by atomic mass is 10.1. The standard InChI is InChI=1S/C15H14N2O3S/c1-10-7-12(9-16)8-11(2)15(10)20-13-3-5-14(6-4-13)21(17,18)19/h3-8H,1-2H3,(H2,17,18,19). The molecule has 0 atom stereocenters. The van der Waals surface area contributed by atoms with Crippen molar-refractivity contribution in [2.24, 2.45) is 5.14 Å². The molecule has 21 heavy (non-hydrogen) atoms. The van der Waals surface area contributed by atoms with Gasteiger partial charge in [-0.2, -0.15) is 5.26 Å². The Morgan fingerprint density at radius 3 is 2.05 bits per heavy atom. The molecule has 0 spiro atoms. The molecule has 2 rings (SSSR count). The fraction of sp³-hybridized carbons (Fsp3) is 0.133. The fourth-order valence-electron chi connectivity index (χ4n) is 1.99. The van der Waals surface area contributed by atoms with Gasteiger partial charge >= 0.3 is 0 Å². The molecule has 0 heterocycles. The highest BCUT2D eigenvalue weighted by molar-refractivity contribution is 7.89. The molecule has 108 valence electrons. The number of rotatable bonds is 3. The summed E-state index contributed by atoms with van der Waals surface area (Å²) in [4.78, 5) is 0.0307. The van der Waals surface area contributed by atoms with Gasteiger partial charge in [0.05, 0.1) is 16.5 Å². The van der Waals surface area contributed by atoms with Gasteiger partial charge in [-0.25, -0.2) is 13.6 Å². The van der Waals surface area contributed by atoms with Crippen LogP contribution in [0.2, 0.25) is 0 Å². The molecule has 2 aromatic carbocycles. The fourth-order valence-corrected chi connectivity index (χ4v) is 2.51. The zero-order valence-electron chi connectivity index (χ0n) is 11.6. The van der Waals surface area contributed by atoms with E-state index in [0.717, 1.165) is 11.1 Å². The first-order chi connectivity index (χ1) is 9.81. The summed E-state index contributed by atoms with van der Waals surface area (Å²) in [6, 6.07) is 11.4. The van der Waals surface area contributed by atoms with Crippen molar-refractivity contribution in [2.45, 2.75) is 18.7 Å². The number of aryl methyl sites for hydroxylation is 2. The van der Waals surface area contributed by atoms with Crippen molar-refractivity contribution in [3.8, 4) is 17.6 Å². The number of nitrogens with two attached hydrogens (primary N) is 1. The molecule has 0 aliphatic heterocycles. The summed E-state index contributed by atoms with van der Waals surface area (Å²) < 4.78 is 28.1. The maximum absolute atomic E-state index is 11.2. The quantitative estimate of drug-likeness (QED) is 0.943. The molecule has 0 saturated carbocycles. The Morgan fingerprint density at radius 1 is 1.10 bits per heavy atom. The predicted octanol–water partition coefficient (Wildman–Crippen LogP) is 2.61. The smallest absolute Gasteiger partial charge is 0.238 e. The molecule has 5 nitrogen and oxygen atoms in total. The Hall–Kier alpha value is -2.36. The van der Waals surface area contributed by atoms with E-state index in [1.54, 1.807) is 12.1 Å². The summed E-state index contributed by atoms with van der Waals surface area (Å²) in [6.45, 7) is 3.70. The van der Waals surface area contributed by atoms with Gasteiger partial charge in [-0.05, 0) is 61.4 Å². The molecular formula is C15H14N2O3S. The lowest BCUT2D eigenvalue weighted by Crippen LogP contribution is -2.11. The van der Waals surface area contributed by atoms with Gasteiger partial charge in [0.15, 0.2) is 0 Å². The first kappa shape index (κ1) is 15.0. The van der Waals surface area contributed by atoms with Crippen molar-refractivity contribution < 1.29 is 13.2 Å². The predicted molar refractivity (Wildman–Crippen MR) is 78.5 cm³/mol. The van der Waals surface area contributed by atoms with Crippen LogP contribution in [0.5, 0.6) is 11.5 Å². The summed E-state index contributed by atoms with van der Waals surface area (Å²) >= 11 is 0. The Bertz CT molecular complexity index is 796. The van der Waals surface area contributed by atoms with Crippen LogP contribution in [0.3, 0.4) is 0 Å². The number of hydrogen-bond acceptors (Lipinski definition) is 4. The Labute approximate surface area is 123 Å². The van der Waals surface area contributed by atoms with Crippen LogP contribution in [-0.4, -0.2) is 8.42 Å². The third kappa shape index (κ3) is 3.40. The molecule has 0 aliphatic rings. The molecule has 0 radical (unpaired) electrons. The van der Waals surface area contributed by atoms with Crippen molar-refractivity contribution in [3.63, 3.8) is 0 Å². The molecule has 0 aromatic heterocycles. The normalized spacial score (nSPS) is 11.0. The van der Waals surface area contributed by atoms with E-state index in [1.165, 1.54) is 24.3 Å². The maximum Gasteiger partial charge on any atom is 0.238 e. The SMILES string of the molecule is Cc1cc(C#N)cc(C)c1Oc1ccc(S(N)(=O)=O)cc1. The van der Waals surface area contributed by atoms with E-state index in [0.29, 0.717) is 17.1 Å². The monoisotopic (exact) mass is 302 g/mol. The topological polar surface area (TPSA) is 93.2 Å². The molecule has 0 saturated heterocycles. The van der Waals surface area contributed by atoms with Crippen LogP contribution >= 0.6 is 0 Å². The van der Waals surface area contributed by atoms with Crippen LogP contribution < -0.4 is 9.88 Å². The zero-order valence-corrected chi connectivity index (χ0v) is 12.4. The average Bonchev–Trinajstić information content (AvgIpc) is 2.42. The molecule has 6 heteroatoms. The second kappa shape index (κ2) is 5.56. The highest BCUT2D eigenvalue weighted by Gasteiger charge is 2.10. The highest BCUT2D eigenvalue weighted by atomic mass is 32.2. The lowest BCUT2D eigenvalue weighted by molar-refractivity contribution is 0.474. The first-order valence-electron chi connectivity index (χ1n) is 6.13. The minimum Gasteiger partial charge on any atom is -0.457 e. The van der Waals surface area contributed by atoms with Crippen LogP contribution in [0.15, 0.2) is 41.3 Å². The van der Waals surface area contributed by atoms with E-state index in [1.807, 2.05) is 13.8 Å². The number of primary sulfonamides is 1. The van der Waals surface area contributed by atoms with Gasteiger partial charge in [-0.3, -0.25) is 0 Å². The van der Waals surface area contributed by atoms with Gasteiger partial charge in [0.2, 0.25) is 10.0 Å². The number of ether oxygens (including phenoxy) is 1. The first-order valence-corrected chi connectivity index (χ1v) is 7.68. The van der Waals surface area contributed by atoms with Gasteiger partial charge in [0, 0.05) is 0 Å². The summed E-state index contributed by atoms with van der Waals surface area (Å²) in [5, 5.41) is 14.0. The van der Waals surface area contributed by atoms with Crippen LogP contribution in [0.25, 0.3) is 0 Å². The molecule has 2 N–H and O–H groups in total. The Balaban J connectivity index is 2.33. The van der Waals surface area contributed by atoms with Crippen LogP contribution in [-0.2, 0) is 10.0 Å². The van der Waals surface area contributed by atoms with Crippen molar-refractivity contribution >= 4 is 10.0 Å². The third-order valence-electron chi connectivity index (χ3n) is 2.96. The number of nitrogens with zero attached hydrogens (tertiary/aromatic N) is 1. The highest BCUT2D eigenvalue weighted by Crippen LogP contribution is 2.30. The summed E-state index contributed by atoms with van der Waals surface area (Å²) in [6.07, 6.45) is 0. The molecule has 2 aromatic rings. The molecule has 0 amide bonds. The minimum atomic E-state index is -3.71. The van der Waals surface area contributed by atoms with Crippen LogP contribution in [0, 0.1) is 25.2 Å². The second-order valence-electron chi connectivity index (χ2n) is 4.67. The van der Waals surface area contributed by atoms with Gasteiger partial charge in [0.25, 0.3) is 0 Å². The van der Waals surface area contributed by atoms with Gasteiger partial charge in [0.1, 0.15) is 11.5 Å². The Morgan fingerprint density at radius 2 is 1.62 bits per heavy atom. The van der Waals surface area contributed by atoms with E-state index >= 15 is 0 Å². The lowest BCUT2D eigenvalue weighted by Gasteiger charge is -2.12. The largest absolute Gasteiger partial charge is 0.457 e. The zero-order chi connectivity index (χ0) is 15.6. The van der Waals surface area contributed by atoms with E-state index in [9.17, 15) is 8.42 Å². The molecule has 0 bridgehead atoms. The Kier molecular flexibility index (Phi) is 3.98. The van der Waals surface area contributed by atoms with Crippen molar-refractivity contribution in [3.05, 3.63) is 53.1 Å².